The Kier molecular flexibility index (Phi) is 10.5. The van der Waals surface area contributed by atoms with Gasteiger partial charge in [-0.3, -0.25) is 19.2 Å². The minimum atomic E-state index is -2.51. The van der Waals surface area contributed by atoms with Gasteiger partial charge in [-0.15, -0.1) is 0 Å². The SMILES string of the molecule is C/C=C(/C)C(=O)O[C@H]1[C@H](O)CC(c2ccc3c(c2O)C(O)=C2C(=O)C4(OC)C(O)=C(C(N)=O)C(=O)[C@H](CC(=O)c5ccccc5O)C4CC2[C@@]3(C)OC)O[C@@H]1C. The third-order valence-electron chi connectivity index (χ3n) is 12.1. The quantitative estimate of drug-likeness (QED) is 0.0921. The third-order valence-corrected chi connectivity index (χ3v) is 12.1. The van der Waals surface area contributed by atoms with Gasteiger partial charge in [0.15, 0.2) is 23.3 Å². The average Bonchev–Trinajstić information content (AvgIpc) is 3.16. The first-order valence-corrected chi connectivity index (χ1v) is 18.1. The number of amides is 1. The summed E-state index contributed by atoms with van der Waals surface area (Å²) in [5.74, 6) is -11.3. The zero-order valence-corrected chi connectivity index (χ0v) is 31.7. The minimum absolute atomic E-state index is 0.119. The van der Waals surface area contributed by atoms with Gasteiger partial charge in [-0.1, -0.05) is 30.3 Å². The smallest absolute Gasteiger partial charge is 0.333 e. The van der Waals surface area contributed by atoms with Gasteiger partial charge in [0, 0.05) is 61.5 Å². The second kappa shape index (κ2) is 14.6. The van der Waals surface area contributed by atoms with Crippen LogP contribution in [0.1, 0.15) is 80.1 Å². The lowest BCUT2D eigenvalue weighted by molar-refractivity contribution is -0.191. The highest BCUT2D eigenvalue weighted by atomic mass is 16.6. The van der Waals surface area contributed by atoms with Crippen LogP contribution in [0.3, 0.4) is 0 Å². The van der Waals surface area contributed by atoms with Crippen molar-refractivity contribution >= 4 is 35.0 Å². The molecule has 1 saturated carbocycles. The first-order chi connectivity index (χ1) is 26.4. The standard InChI is InChI=1S/C41H45NO14/c1-7-17(2)39(52)56-35-18(3)55-28(16-27(35)45)20-12-13-22-29(32(20)46)34(48)30-24(40(22,4)53-5)15-23-21(14-26(44)19-10-8-9-11-25(19)43)33(47)31(38(42)51)37(50)41(23,54-6)36(30)49/h7-13,18,21,23-24,27-28,35,43,45-46,48,50H,14-16H2,1-6H3,(H2,42,51)/b17-7-/t18-,21-,23?,24?,27-,28?,35-,40+,41?/m1/s1. The summed E-state index contributed by atoms with van der Waals surface area (Å²) in [5.41, 5.74) is 0.634. The summed E-state index contributed by atoms with van der Waals surface area (Å²) in [6.45, 7) is 6.45. The van der Waals surface area contributed by atoms with Gasteiger partial charge in [0.2, 0.25) is 5.78 Å². The van der Waals surface area contributed by atoms with Gasteiger partial charge < -0.3 is 50.2 Å². The summed E-state index contributed by atoms with van der Waals surface area (Å²) in [6.07, 6.45) is -3.43. The van der Waals surface area contributed by atoms with Crippen LogP contribution in [0, 0.1) is 17.8 Å². The maximum absolute atomic E-state index is 15.0. The Bertz CT molecular complexity index is 2120. The van der Waals surface area contributed by atoms with E-state index in [0.717, 1.165) is 7.11 Å². The zero-order valence-electron chi connectivity index (χ0n) is 31.7. The minimum Gasteiger partial charge on any atom is -0.508 e. The van der Waals surface area contributed by atoms with E-state index in [-0.39, 0.29) is 46.4 Å². The van der Waals surface area contributed by atoms with Crippen molar-refractivity contribution in [3.8, 4) is 11.5 Å². The Balaban J connectivity index is 1.47. The van der Waals surface area contributed by atoms with E-state index in [1.165, 1.54) is 37.4 Å². The molecule has 2 aromatic carbocycles. The topological polar surface area (TPSA) is 249 Å². The number of hydrogen-bond acceptors (Lipinski definition) is 14. The van der Waals surface area contributed by atoms with Crippen LogP contribution in [0.5, 0.6) is 11.5 Å². The van der Waals surface area contributed by atoms with Gasteiger partial charge >= 0.3 is 5.97 Å². The predicted molar refractivity (Wildman–Crippen MR) is 196 cm³/mol. The van der Waals surface area contributed by atoms with Crippen molar-refractivity contribution in [2.24, 2.45) is 23.5 Å². The number of phenols is 2. The van der Waals surface area contributed by atoms with Crippen LogP contribution < -0.4 is 5.73 Å². The number of aromatic hydroxyl groups is 2. The lowest BCUT2D eigenvalue weighted by Gasteiger charge is -2.54. The fourth-order valence-corrected chi connectivity index (χ4v) is 8.93. The van der Waals surface area contributed by atoms with Crippen molar-refractivity contribution < 1.29 is 68.5 Å². The Hall–Kier alpha value is -5.35. The molecule has 2 fully saturated rings. The molecular weight excluding hydrogens is 730 g/mol. The van der Waals surface area contributed by atoms with Crippen LogP contribution in [0.4, 0.5) is 0 Å². The molecule has 0 bridgehead atoms. The molecule has 56 heavy (non-hydrogen) atoms. The largest absolute Gasteiger partial charge is 0.508 e. The molecule has 4 aliphatic rings. The van der Waals surface area contributed by atoms with Gasteiger partial charge in [0.05, 0.1) is 35.0 Å². The van der Waals surface area contributed by atoms with Gasteiger partial charge in [0.1, 0.15) is 28.6 Å². The molecule has 15 heteroatoms. The van der Waals surface area contributed by atoms with E-state index in [1.54, 1.807) is 39.8 Å². The molecule has 3 aliphatic carbocycles. The fourth-order valence-electron chi connectivity index (χ4n) is 8.93. The van der Waals surface area contributed by atoms with E-state index in [0.29, 0.717) is 5.57 Å². The van der Waals surface area contributed by atoms with Crippen molar-refractivity contribution in [3.63, 3.8) is 0 Å². The number of ketones is 3. The number of phenolic OH excluding ortho intramolecular Hbond substituents is 2. The molecule has 1 aliphatic heterocycles. The van der Waals surface area contributed by atoms with Gasteiger partial charge in [-0.25, -0.2) is 4.79 Å². The van der Waals surface area contributed by atoms with E-state index < -0.39 is 112 Å². The number of para-hydroxylation sites is 1. The lowest BCUT2D eigenvalue weighted by Crippen LogP contribution is -2.64. The number of benzene rings is 2. The lowest BCUT2D eigenvalue weighted by atomic mass is 9.52. The van der Waals surface area contributed by atoms with Crippen LogP contribution in [0.25, 0.3) is 5.76 Å². The highest BCUT2D eigenvalue weighted by Gasteiger charge is 2.67. The molecule has 1 amide bonds. The number of esters is 1. The van der Waals surface area contributed by atoms with Gasteiger partial charge in [-0.05, 0) is 51.8 Å². The van der Waals surface area contributed by atoms with Gasteiger partial charge in [-0.2, -0.15) is 0 Å². The number of Topliss-reactive ketones (excluding diaryl/α,β-unsaturated/α-hetero) is 3. The van der Waals surface area contributed by atoms with Crippen LogP contribution in [-0.4, -0.2) is 92.9 Å². The highest BCUT2D eigenvalue weighted by molar-refractivity contribution is 6.24. The number of methoxy groups -OCH3 is 2. The van der Waals surface area contributed by atoms with Crippen LogP contribution in [0.15, 0.2) is 65.0 Å². The Labute approximate surface area is 322 Å². The summed E-state index contributed by atoms with van der Waals surface area (Å²) in [6, 6.07) is 8.74. The van der Waals surface area contributed by atoms with E-state index >= 15 is 4.79 Å². The first-order valence-electron chi connectivity index (χ1n) is 18.1. The summed E-state index contributed by atoms with van der Waals surface area (Å²) >= 11 is 0. The number of primary amides is 1. The summed E-state index contributed by atoms with van der Waals surface area (Å²) < 4.78 is 23.5. The van der Waals surface area contributed by atoms with E-state index in [9.17, 15) is 44.7 Å². The normalized spacial score (nSPS) is 31.7. The molecule has 298 valence electrons. The second-order valence-electron chi connectivity index (χ2n) is 14.8. The number of ether oxygens (including phenoxy) is 4. The molecule has 0 spiro atoms. The fraction of sp³-hybridized carbons (Fsp3) is 0.439. The number of aliphatic hydroxyl groups is 3. The number of carbonyl (C=O) groups excluding carboxylic acids is 5. The van der Waals surface area contributed by atoms with Crippen LogP contribution >= 0.6 is 0 Å². The molecule has 1 heterocycles. The number of allylic oxidation sites excluding steroid dienone is 1. The molecule has 0 aromatic heterocycles. The molecule has 1 saturated heterocycles. The molecule has 6 rings (SSSR count). The summed E-state index contributed by atoms with van der Waals surface area (Å²) in [7, 11) is 2.42. The van der Waals surface area contributed by atoms with Crippen LogP contribution in [0.2, 0.25) is 0 Å². The number of carbonyl (C=O) groups is 5. The predicted octanol–water partition coefficient (Wildman–Crippen LogP) is 3.69. The van der Waals surface area contributed by atoms with E-state index in [4.69, 9.17) is 24.7 Å². The Morgan fingerprint density at radius 1 is 1.02 bits per heavy atom. The van der Waals surface area contributed by atoms with Crippen molar-refractivity contribution in [3.05, 3.63) is 87.2 Å². The Morgan fingerprint density at radius 2 is 1.70 bits per heavy atom. The maximum atomic E-state index is 15.0. The Morgan fingerprint density at radius 3 is 2.29 bits per heavy atom. The van der Waals surface area contributed by atoms with Crippen molar-refractivity contribution in [1.29, 1.82) is 0 Å². The van der Waals surface area contributed by atoms with Crippen molar-refractivity contribution in [2.45, 2.75) is 82.6 Å². The number of rotatable bonds is 9. The highest BCUT2D eigenvalue weighted by Crippen LogP contribution is 2.60. The molecular formula is C41H45NO14. The molecule has 7 N–H and O–H groups in total. The zero-order chi connectivity index (χ0) is 41.2. The van der Waals surface area contributed by atoms with Crippen molar-refractivity contribution in [1.82, 2.24) is 0 Å². The molecule has 2 aromatic rings. The number of fused-ring (bicyclic) bond motifs is 3. The molecule has 4 unspecified atom stereocenters. The third kappa shape index (κ3) is 5.92. The number of hydrogen-bond donors (Lipinski definition) is 6. The summed E-state index contributed by atoms with van der Waals surface area (Å²) in [5, 5.41) is 57.1. The molecule has 9 atom stereocenters. The molecule has 0 radical (unpaired) electrons. The second-order valence-corrected chi connectivity index (χ2v) is 14.8. The number of nitrogens with two attached hydrogens (primary N) is 1. The monoisotopic (exact) mass is 775 g/mol. The van der Waals surface area contributed by atoms with Gasteiger partial charge in [0.25, 0.3) is 5.91 Å². The first kappa shape index (κ1) is 40.3. The maximum Gasteiger partial charge on any atom is 0.333 e. The van der Waals surface area contributed by atoms with E-state index in [1.807, 2.05) is 0 Å². The van der Waals surface area contributed by atoms with Crippen molar-refractivity contribution in [2.75, 3.05) is 14.2 Å². The molecule has 15 nitrogen and oxygen atoms in total. The summed E-state index contributed by atoms with van der Waals surface area (Å²) in [4.78, 5) is 67.9. The van der Waals surface area contributed by atoms with Crippen LogP contribution in [-0.2, 0) is 43.7 Å². The number of aliphatic hydroxyl groups excluding tert-OH is 3. The van der Waals surface area contributed by atoms with E-state index in [2.05, 4.69) is 0 Å². The average molecular weight is 776 g/mol.